The second-order valence-corrected chi connectivity index (χ2v) is 4.08. The zero-order valence-corrected chi connectivity index (χ0v) is 7.95. The zero-order valence-electron chi connectivity index (χ0n) is 7.14. The first kappa shape index (κ1) is 8.18. The summed E-state index contributed by atoms with van der Waals surface area (Å²) in [5.74, 6) is 0.353. The molecule has 5 nitrogen and oxygen atoms in total. The highest BCUT2D eigenvalue weighted by molar-refractivity contribution is 7.11. The summed E-state index contributed by atoms with van der Waals surface area (Å²) in [6, 6.07) is 4.13. The van der Waals surface area contributed by atoms with Crippen molar-refractivity contribution in [3.8, 4) is 0 Å². The van der Waals surface area contributed by atoms with E-state index in [2.05, 4.69) is 34.6 Å². The number of rotatable bonds is 2. The van der Waals surface area contributed by atoms with Crippen LogP contribution in [0.5, 0.6) is 0 Å². The van der Waals surface area contributed by atoms with Gasteiger partial charge in [-0.15, -0.1) is 11.3 Å². The van der Waals surface area contributed by atoms with Crippen LogP contribution in [0.25, 0.3) is 0 Å². The lowest BCUT2D eigenvalue weighted by Gasteiger charge is -1.96. The topological polar surface area (TPSA) is 69.6 Å². The number of hydrogen-bond donors (Lipinski definition) is 1. The third-order valence-electron chi connectivity index (χ3n) is 1.66. The fraction of sp³-hybridized carbons (Fsp3) is 0.286. The summed E-state index contributed by atoms with van der Waals surface area (Å²) in [6.45, 7) is 2.72. The minimum atomic E-state index is 0.353. The number of thiophene rings is 1. The van der Waals surface area contributed by atoms with E-state index < -0.39 is 0 Å². The molecule has 2 heterocycles. The Morgan fingerprint density at radius 1 is 1.54 bits per heavy atom. The van der Waals surface area contributed by atoms with Gasteiger partial charge in [0.1, 0.15) is 0 Å². The number of nitrogens with two attached hydrogens (primary N) is 1. The largest absolute Gasteiger partial charge is 0.367 e. The molecular formula is C7H9N5S. The van der Waals surface area contributed by atoms with Gasteiger partial charge in [-0.1, -0.05) is 5.10 Å². The van der Waals surface area contributed by atoms with Crippen molar-refractivity contribution in [1.29, 1.82) is 0 Å². The molecule has 0 bridgehead atoms. The van der Waals surface area contributed by atoms with Crippen LogP contribution < -0.4 is 5.73 Å². The molecule has 0 saturated heterocycles. The molecule has 6 heteroatoms. The van der Waals surface area contributed by atoms with Crippen molar-refractivity contribution >= 4 is 17.3 Å². The Balaban J connectivity index is 2.19. The number of aryl methyl sites for hydroxylation is 1. The van der Waals surface area contributed by atoms with Gasteiger partial charge in [0.2, 0.25) is 5.95 Å². The minimum Gasteiger partial charge on any atom is -0.367 e. The maximum atomic E-state index is 5.53. The molecule has 2 aromatic rings. The third-order valence-corrected chi connectivity index (χ3v) is 2.65. The Hall–Kier alpha value is -1.43. The van der Waals surface area contributed by atoms with Gasteiger partial charge in [-0.25, -0.2) is 4.68 Å². The van der Waals surface area contributed by atoms with Crippen molar-refractivity contribution in [3.05, 3.63) is 21.9 Å². The molecule has 0 aliphatic heterocycles. The van der Waals surface area contributed by atoms with E-state index in [0.29, 0.717) is 12.5 Å². The summed E-state index contributed by atoms with van der Waals surface area (Å²) in [5.41, 5.74) is 5.53. The van der Waals surface area contributed by atoms with Crippen LogP contribution in [0.4, 0.5) is 5.95 Å². The maximum absolute atomic E-state index is 5.53. The fourth-order valence-electron chi connectivity index (χ4n) is 1.04. The SMILES string of the molecule is Cc1ccc(Cn2nnnc2N)s1. The molecule has 0 aromatic carbocycles. The van der Waals surface area contributed by atoms with Crippen molar-refractivity contribution in [2.75, 3.05) is 5.73 Å². The van der Waals surface area contributed by atoms with E-state index in [9.17, 15) is 0 Å². The van der Waals surface area contributed by atoms with Crippen molar-refractivity contribution in [2.45, 2.75) is 13.5 Å². The number of tetrazole rings is 1. The van der Waals surface area contributed by atoms with Gasteiger partial charge < -0.3 is 5.73 Å². The molecule has 0 unspecified atom stereocenters. The Morgan fingerprint density at radius 3 is 2.92 bits per heavy atom. The summed E-state index contributed by atoms with van der Waals surface area (Å²) in [4.78, 5) is 2.48. The summed E-state index contributed by atoms with van der Waals surface area (Å²) >= 11 is 1.72. The van der Waals surface area contributed by atoms with Crippen LogP contribution in [0, 0.1) is 6.92 Å². The molecule has 0 aliphatic carbocycles. The van der Waals surface area contributed by atoms with Gasteiger partial charge >= 0.3 is 0 Å². The van der Waals surface area contributed by atoms with Gasteiger partial charge in [0.15, 0.2) is 0 Å². The van der Waals surface area contributed by atoms with Crippen molar-refractivity contribution in [1.82, 2.24) is 20.2 Å². The molecule has 0 aliphatic rings. The Labute approximate surface area is 79.2 Å². The second kappa shape index (κ2) is 3.14. The second-order valence-electron chi connectivity index (χ2n) is 2.71. The summed E-state index contributed by atoms with van der Waals surface area (Å²) in [6.07, 6.45) is 0. The van der Waals surface area contributed by atoms with Crippen LogP contribution in [-0.2, 0) is 6.54 Å². The average Bonchev–Trinajstić information content (AvgIpc) is 2.64. The molecule has 2 rings (SSSR count). The van der Waals surface area contributed by atoms with E-state index >= 15 is 0 Å². The number of nitrogen functional groups attached to an aromatic ring is 1. The van der Waals surface area contributed by atoms with E-state index in [-0.39, 0.29) is 0 Å². The monoisotopic (exact) mass is 195 g/mol. The smallest absolute Gasteiger partial charge is 0.240 e. The minimum absolute atomic E-state index is 0.353. The van der Waals surface area contributed by atoms with Crippen LogP contribution in [0.15, 0.2) is 12.1 Å². The van der Waals surface area contributed by atoms with Crippen LogP contribution >= 0.6 is 11.3 Å². The van der Waals surface area contributed by atoms with Crippen LogP contribution in [0.3, 0.4) is 0 Å². The van der Waals surface area contributed by atoms with E-state index in [1.807, 2.05) is 0 Å². The lowest BCUT2D eigenvalue weighted by Crippen LogP contribution is -2.05. The molecule has 2 aromatic heterocycles. The molecular weight excluding hydrogens is 186 g/mol. The van der Waals surface area contributed by atoms with Crippen molar-refractivity contribution in [2.24, 2.45) is 0 Å². The lowest BCUT2D eigenvalue weighted by atomic mass is 10.4. The van der Waals surface area contributed by atoms with E-state index in [0.717, 1.165) is 0 Å². The summed E-state index contributed by atoms with van der Waals surface area (Å²) in [5, 5.41) is 10.8. The number of hydrogen-bond acceptors (Lipinski definition) is 5. The average molecular weight is 195 g/mol. The predicted octanol–water partition coefficient (Wildman–Crippen LogP) is 0.674. The normalized spacial score (nSPS) is 10.5. The van der Waals surface area contributed by atoms with E-state index in [1.54, 1.807) is 16.0 Å². The first-order valence-corrected chi connectivity index (χ1v) is 4.64. The van der Waals surface area contributed by atoms with Gasteiger partial charge in [-0.2, -0.15) is 0 Å². The molecule has 0 radical (unpaired) electrons. The van der Waals surface area contributed by atoms with Crippen molar-refractivity contribution < 1.29 is 0 Å². The zero-order chi connectivity index (χ0) is 9.26. The van der Waals surface area contributed by atoms with Crippen LogP contribution in [0.2, 0.25) is 0 Å². The Morgan fingerprint density at radius 2 is 2.38 bits per heavy atom. The quantitative estimate of drug-likeness (QED) is 0.764. The standard InChI is InChI=1S/C7H9N5S/c1-5-2-3-6(13-5)4-12-7(8)9-10-11-12/h2-3H,4H2,1H3,(H2,8,9,11). The highest BCUT2D eigenvalue weighted by Gasteiger charge is 2.03. The van der Waals surface area contributed by atoms with Gasteiger partial charge in [-0.3, -0.25) is 0 Å². The van der Waals surface area contributed by atoms with E-state index in [4.69, 9.17) is 5.73 Å². The van der Waals surface area contributed by atoms with Gasteiger partial charge in [-0.05, 0) is 29.5 Å². The molecule has 13 heavy (non-hydrogen) atoms. The van der Waals surface area contributed by atoms with Crippen molar-refractivity contribution in [3.63, 3.8) is 0 Å². The number of nitrogens with zero attached hydrogens (tertiary/aromatic N) is 4. The highest BCUT2D eigenvalue weighted by Crippen LogP contribution is 2.16. The van der Waals surface area contributed by atoms with Gasteiger partial charge in [0.25, 0.3) is 0 Å². The molecule has 2 N–H and O–H groups in total. The first-order valence-electron chi connectivity index (χ1n) is 3.82. The molecule has 68 valence electrons. The first-order chi connectivity index (χ1) is 6.25. The molecule has 0 fully saturated rings. The highest BCUT2D eigenvalue weighted by atomic mass is 32.1. The number of aromatic nitrogens is 4. The number of anilines is 1. The Kier molecular flexibility index (Phi) is 1.97. The van der Waals surface area contributed by atoms with E-state index in [1.165, 1.54) is 9.75 Å². The Bertz CT molecular complexity index is 404. The maximum Gasteiger partial charge on any atom is 0.240 e. The molecule has 0 saturated carbocycles. The lowest BCUT2D eigenvalue weighted by molar-refractivity contribution is 0.661. The third kappa shape index (κ3) is 1.67. The van der Waals surface area contributed by atoms with Gasteiger partial charge in [0, 0.05) is 9.75 Å². The molecule has 0 amide bonds. The van der Waals surface area contributed by atoms with Gasteiger partial charge in [0.05, 0.1) is 6.54 Å². The predicted molar refractivity (Wildman–Crippen MR) is 50.4 cm³/mol. The molecule has 0 atom stereocenters. The molecule has 0 spiro atoms. The van der Waals surface area contributed by atoms with Crippen LogP contribution in [-0.4, -0.2) is 20.2 Å². The summed E-state index contributed by atoms with van der Waals surface area (Å²) in [7, 11) is 0. The summed E-state index contributed by atoms with van der Waals surface area (Å²) < 4.78 is 1.57. The van der Waals surface area contributed by atoms with Crippen LogP contribution in [0.1, 0.15) is 9.75 Å². The fourth-order valence-corrected chi connectivity index (χ4v) is 1.91.